The molecule has 7 heteroatoms. The summed E-state index contributed by atoms with van der Waals surface area (Å²) in [5, 5.41) is 3.36. The second-order valence-electron chi connectivity index (χ2n) is 3.08. The minimum atomic E-state index is -3.44. The maximum atomic E-state index is 11.6. The SMILES string of the molecule is CCCNS(=O)(=O)c1ccc(N=[N+]=[N-])cc1. The average molecular weight is 240 g/mol. The van der Waals surface area contributed by atoms with Crippen molar-refractivity contribution in [1.29, 1.82) is 0 Å². The van der Waals surface area contributed by atoms with E-state index in [-0.39, 0.29) is 4.90 Å². The van der Waals surface area contributed by atoms with Gasteiger partial charge in [0.05, 0.1) is 4.90 Å². The van der Waals surface area contributed by atoms with Crippen LogP contribution in [0.25, 0.3) is 10.4 Å². The van der Waals surface area contributed by atoms with Crippen LogP contribution in [0, 0.1) is 0 Å². The van der Waals surface area contributed by atoms with Gasteiger partial charge < -0.3 is 0 Å². The van der Waals surface area contributed by atoms with Crippen LogP contribution in [-0.4, -0.2) is 15.0 Å². The third-order valence-corrected chi connectivity index (χ3v) is 3.33. The number of nitrogens with one attached hydrogen (secondary N) is 1. The summed E-state index contributed by atoms with van der Waals surface area (Å²) in [6.45, 7) is 2.29. The average Bonchev–Trinajstić information content (AvgIpc) is 2.28. The van der Waals surface area contributed by atoms with Gasteiger partial charge in [-0.05, 0) is 24.1 Å². The van der Waals surface area contributed by atoms with E-state index < -0.39 is 10.0 Å². The second kappa shape index (κ2) is 5.50. The predicted molar refractivity (Wildman–Crippen MR) is 60.7 cm³/mol. The highest BCUT2D eigenvalue weighted by molar-refractivity contribution is 7.89. The number of rotatable bonds is 5. The highest BCUT2D eigenvalue weighted by Crippen LogP contribution is 2.16. The van der Waals surface area contributed by atoms with E-state index in [1.807, 2.05) is 6.92 Å². The standard InChI is InChI=1S/C9H12N4O2S/c1-2-7-11-16(14,15)9-5-3-8(4-6-9)12-13-10/h3-6,11H,2,7H2,1H3. The molecule has 0 saturated carbocycles. The van der Waals surface area contributed by atoms with Gasteiger partial charge in [0.2, 0.25) is 10.0 Å². The van der Waals surface area contributed by atoms with Gasteiger partial charge in [0.15, 0.2) is 0 Å². The molecule has 0 aromatic heterocycles. The van der Waals surface area contributed by atoms with Crippen molar-refractivity contribution < 1.29 is 8.42 Å². The smallest absolute Gasteiger partial charge is 0.211 e. The molecule has 1 aromatic rings. The van der Waals surface area contributed by atoms with Crippen LogP contribution in [0.1, 0.15) is 13.3 Å². The van der Waals surface area contributed by atoms with E-state index in [0.717, 1.165) is 6.42 Å². The highest BCUT2D eigenvalue weighted by atomic mass is 32.2. The Morgan fingerprint density at radius 2 is 2.00 bits per heavy atom. The summed E-state index contributed by atoms with van der Waals surface area (Å²) in [6, 6.07) is 5.73. The van der Waals surface area contributed by atoms with Gasteiger partial charge in [0.25, 0.3) is 0 Å². The van der Waals surface area contributed by atoms with E-state index in [1.54, 1.807) is 0 Å². The Morgan fingerprint density at radius 3 is 2.50 bits per heavy atom. The fraction of sp³-hybridized carbons (Fsp3) is 0.333. The third-order valence-electron chi connectivity index (χ3n) is 1.85. The van der Waals surface area contributed by atoms with Crippen LogP contribution in [0.4, 0.5) is 5.69 Å². The minimum Gasteiger partial charge on any atom is -0.211 e. The van der Waals surface area contributed by atoms with E-state index in [1.165, 1.54) is 24.3 Å². The molecule has 0 aliphatic heterocycles. The van der Waals surface area contributed by atoms with Crippen LogP contribution in [-0.2, 0) is 10.0 Å². The monoisotopic (exact) mass is 240 g/mol. The Hall–Kier alpha value is -1.56. The second-order valence-corrected chi connectivity index (χ2v) is 4.85. The van der Waals surface area contributed by atoms with Crippen molar-refractivity contribution in [3.8, 4) is 0 Å². The lowest BCUT2D eigenvalue weighted by Gasteiger charge is -2.05. The zero-order chi connectivity index (χ0) is 12.0. The largest absolute Gasteiger partial charge is 0.240 e. The van der Waals surface area contributed by atoms with Crippen molar-refractivity contribution in [2.45, 2.75) is 18.2 Å². The maximum absolute atomic E-state index is 11.6. The molecule has 0 saturated heterocycles. The molecule has 0 unspecified atom stereocenters. The van der Waals surface area contributed by atoms with Crippen molar-refractivity contribution in [2.24, 2.45) is 5.11 Å². The summed E-state index contributed by atoms with van der Waals surface area (Å²) >= 11 is 0. The molecule has 0 aliphatic carbocycles. The summed E-state index contributed by atoms with van der Waals surface area (Å²) in [5.41, 5.74) is 8.58. The Labute approximate surface area is 94.0 Å². The summed E-state index contributed by atoms with van der Waals surface area (Å²) < 4.78 is 25.7. The fourth-order valence-corrected chi connectivity index (χ4v) is 2.20. The first-order valence-electron chi connectivity index (χ1n) is 4.75. The zero-order valence-electron chi connectivity index (χ0n) is 8.79. The van der Waals surface area contributed by atoms with Gasteiger partial charge >= 0.3 is 0 Å². The Balaban J connectivity index is 2.92. The summed E-state index contributed by atoms with van der Waals surface area (Å²) in [7, 11) is -3.44. The van der Waals surface area contributed by atoms with Crippen LogP contribution in [0.15, 0.2) is 34.3 Å². The minimum absolute atomic E-state index is 0.165. The molecule has 1 rings (SSSR count). The number of hydrogen-bond acceptors (Lipinski definition) is 3. The van der Waals surface area contributed by atoms with Gasteiger partial charge in [-0.25, -0.2) is 13.1 Å². The van der Waals surface area contributed by atoms with Crippen molar-refractivity contribution in [2.75, 3.05) is 6.54 Å². The Kier molecular flexibility index (Phi) is 4.30. The molecule has 1 N–H and O–H groups in total. The van der Waals surface area contributed by atoms with Gasteiger partial charge in [0.1, 0.15) is 0 Å². The molecule has 0 heterocycles. The first-order valence-corrected chi connectivity index (χ1v) is 6.23. The van der Waals surface area contributed by atoms with Crippen LogP contribution >= 0.6 is 0 Å². The number of hydrogen-bond donors (Lipinski definition) is 1. The van der Waals surface area contributed by atoms with Crippen molar-refractivity contribution in [1.82, 2.24) is 4.72 Å². The number of sulfonamides is 1. The molecule has 0 radical (unpaired) electrons. The molecule has 0 atom stereocenters. The molecule has 6 nitrogen and oxygen atoms in total. The van der Waals surface area contributed by atoms with E-state index in [4.69, 9.17) is 5.53 Å². The molecule has 0 fully saturated rings. The molecule has 0 spiro atoms. The van der Waals surface area contributed by atoms with Gasteiger partial charge in [-0.2, -0.15) is 0 Å². The molecule has 0 bridgehead atoms. The van der Waals surface area contributed by atoms with Crippen LogP contribution in [0.5, 0.6) is 0 Å². The first kappa shape index (κ1) is 12.5. The number of nitrogens with zero attached hydrogens (tertiary/aromatic N) is 3. The van der Waals surface area contributed by atoms with E-state index in [0.29, 0.717) is 12.2 Å². The first-order chi connectivity index (χ1) is 7.60. The van der Waals surface area contributed by atoms with Gasteiger partial charge in [-0.15, -0.1) is 0 Å². The van der Waals surface area contributed by atoms with Gasteiger partial charge in [-0.1, -0.05) is 24.2 Å². The van der Waals surface area contributed by atoms with Crippen LogP contribution in [0.3, 0.4) is 0 Å². The van der Waals surface area contributed by atoms with Gasteiger partial charge in [0, 0.05) is 17.1 Å². The lowest BCUT2D eigenvalue weighted by molar-refractivity contribution is 0.581. The van der Waals surface area contributed by atoms with Crippen molar-refractivity contribution in [3.05, 3.63) is 34.7 Å². The van der Waals surface area contributed by atoms with E-state index in [9.17, 15) is 8.42 Å². The van der Waals surface area contributed by atoms with Crippen LogP contribution in [0.2, 0.25) is 0 Å². The Bertz CT molecular complexity index is 489. The van der Waals surface area contributed by atoms with Crippen LogP contribution < -0.4 is 4.72 Å². The van der Waals surface area contributed by atoms with Crippen molar-refractivity contribution in [3.63, 3.8) is 0 Å². The summed E-state index contributed by atoms with van der Waals surface area (Å²) in [4.78, 5) is 2.77. The molecule has 86 valence electrons. The quantitative estimate of drug-likeness (QED) is 0.485. The van der Waals surface area contributed by atoms with E-state index in [2.05, 4.69) is 14.7 Å². The third kappa shape index (κ3) is 3.23. The zero-order valence-corrected chi connectivity index (χ0v) is 9.61. The molecule has 0 aliphatic rings. The molecular formula is C9H12N4O2S. The normalized spacial score (nSPS) is 10.8. The van der Waals surface area contributed by atoms with Gasteiger partial charge in [-0.3, -0.25) is 0 Å². The Morgan fingerprint density at radius 1 is 1.38 bits per heavy atom. The highest BCUT2D eigenvalue weighted by Gasteiger charge is 2.11. The molecule has 16 heavy (non-hydrogen) atoms. The maximum Gasteiger partial charge on any atom is 0.240 e. The molecule has 0 amide bonds. The topological polar surface area (TPSA) is 94.9 Å². The lowest BCUT2D eigenvalue weighted by Crippen LogP contribution is -2.24. The van der Waals surface area contributed by atoms with E-state index >= 15 is 0 Å². The molecule has 1 aromatic carbocycles. The fourth-order valence-electron chi connectivity index (χ4n) is 1.06. The number of benzene rings is 1. The predicted octanol–water partition coefficient (Wildman–Crippen LogP) is 2.32. The summed E-state index contributed by atoms with van der Waals surface area (Å²) in [5.74, 6) is 0. The molecular weight excluding hydrogens is 228 g/mol. The lowest BCUT2D eigenvalue weighted by atomic mass is 10.3. The number of azide groups is 1. The summed E-state index contributed by atoms with van der Waals surface area (Å²) in [6.07, 6.45) is 0.732. The van der Waals surface area contributed by atoms with Crippen molar-refractivity contribution >= 4 is 15.7 Å².